The average molecular weight is 738 g/mol. The van der Waals surface area contributed by atoms with Crippen LogP contribution in [0.15, 0.2) is 30.3 Å². The summed E-state index contributed by atoms with van der Waals surface area (Å²) in [6.45, 7) is 9.29. The van der Waals surface area contributed by atoms with E-state index in [-0.39, 0.29) is 12.8 Å². The number of nitrogens with two attached hydrogens (primary N) is 1. The van der Waals surface area contributed by atoms with Crippen molar-refractivity contribution >= 4 is 43.2 Å². The standard InChI is InChI=1S/C34H53N6O10P/c1-19(2)24(27(44)45)39-30(48)34(36-8,20(3)4)28(46)32(16-12-13-17-32)51(50)31(7,49)40-26(43)22(6)37-25(42)21(5)38-29(47)33(35,18-41)23-14-10-9-11-15-23/h9-11,14-15,19-22,24,36,41,49H,12-13,16-18,35H2,1-8H3,(H4-,37,38,39,40,42,43,44,45,47,48)/p+1/t21-,22-,24-,31?,33+,34+/m0/s1. The molecule has 1 aromatic rings. The topological polar surface area (TPSA) is 266 Å². The highest BCUT2D eigenvalue weighted by molar-refractivity contribution is 7.49. The summed E-state index contributed by atoms with van der Waals surface area (Å²) in [5.74, 6) is -6.93. The maximum Gasteiger partial charge on any atom is 0.410 e. The van der Waals surface area contributed by atoms with Crippen molar-refractivity contribution in [2.75, 3.05) is 13.7 Å². The maximum atomic E-state index is 14.6. The molecule has 0 spiro atoms. The zero-order valence-corrected chi connectivity index (χ0v) is 31.4. The normalized spacial score (nSPS) is 19.7. The number of aliphatic hydroxyl groups is 2. The fraction of sp³-hybridized carbons (Fsp3) is 0.647. The van der Waals surface area contributed by atoms with Crippen molar-refractivity contribution in [3.8, 4) is 0 Å². The van der Waals surface area contributed by atoms with E-state index in [0.717, 1.165) is 6.92 Å². The number of benzene rings is 1. The molecule has 284 valence electrons. The predicted molar refractivity (Wildman–Crippen MR) is 188 cm³/mol. The first-order chi connectivity index (χ1) is 23.6. The second-order valence-corrected chi connectivity index (χ2v) is 16.4. The fourth-order valence-corrected chi connectivity index (χ4v) is 8.52. The van der Waals surface area contributed by atoms with E-state index in [1.165, 1.54) is 20.9 Å². The molecule has 51 heavy (non-hydrogen) atoms. The Kier molecular flexibility index (Phi) is 14.6. The van der Waals surface area contributed by atoms with Gasteiger partial charge in [-0.1, -0.05) is 62.6 Å². The summed E-state index contributed by atoms with van der Waals surface area (Å²) in [5, 5.41) is 41.6. The Balaban J connectivity index is 2.28. The van der Waals surface area contributed by atoms with Crippen LogP contribution in [-0.4, -0.2) is 98.6 Å². The van der Waals surface area contributed by atoms with Gasteiger partial charge in [-0.15, -0.1) is 0 Å². The molecule has 0 heterocycles. The second-order valence-electron chi connectivity index (χ2n) is 14.0. The number of carboxylic acids is 1. The van der Waals surface area contributed by atoms with Crippen molar-refractivity contribution in [3.63, 3.8) is 0 Å². The van der Waals surface area contributed by atoms with Crippen LogP contribution in [0, 0.1) is 11.8 Å². The number of carbonyl (C=O) groups is 6. The quantitative estimate of drug-likeness (QED) is 0.0555. The van der Waals surface area contributed by atoms with Gasteiger partial charge in [0.2, 0.25) is 34.6 Å². The van der Waals surface area contributed by atoms with E-state index >= 15 is 0 Å². The number of hydrogen-bond donors (Lipinski definition) is 9. The van der Waals surface area contributed by atoms with Gasteiger partial charge in [0.15, 0.2) is 5.54 Å². The fourth-order valence-electron chi connectivity index (χ4n) is 6.39. The number of aliphatic carboxylic acids is 1. The van der Waals surface area contributed by atoms with E-state index in [4.69, 9.17) is 5.73 Å². The molecule has 4 amide bonds. The third-order valence-electron chi connectivity index (χ3n) is 9.63. The number of aliphatic hydroxyl groups excluding tert-OH is 1. The smallest absolute Gasteiger partial charge is 0.410 e. The first kappa shape index (κ1) is 43.3. The number of ketones is 1. The highest BCUT2D eigenvalue weighted by Crippen LogP contribution is 2.58. The van der Waals surface area contributed by atoms with E-state index in [1.54, 1.807) is 58.0 Å². The minimum absolute atomic E-state index is 0.0198. The third kappa shape index (κ3) is 8.98. The van der Waals surface area contributed by atoms with Crippen LogP contribution in [0.1, 0.15) is 79.7 Å². The molecule has 1 aromatic carbocycles. The van der Waals surface area contributed by atoms with Crippen LogP contribution in [0.25, 0.3) is 0 Å². The molecular weight excluding hydrogens is 683 g/mol. The molecule has 0 bridgehead atoms. The molecule has 0 aromatic heterocycles. The zero-order valence-electron chi connectivity index (χ0n) is 30.5. The number of hydrogen-bond acceptors (Lipinski definition) is 11. The Morgan fingerprint density at radius 1 is 0.882 bits per heavy atom. The zero-order chi connectivity index (χ0) is 39.1. The number of likely N-dealkylation sites (N-methyl/N-ethyl adjacent to an activating group) is 1. The summed E-state index contributed by atoms with van der Waals surface area (Å²) >= 11 is 0. The maximum absolute atomic E-state index is 14.6. The minimum atomic E-state index is -3.07. The van der Waals surface area contributed by atoms with E-state index in [2.05, 4.69) is 26.6 Å². The molecule has 1 saturated carbocycles. The summed E-state index contributed by atoms with van der Waals surface area (Å²) < 4.78 is 14.4. The molecule has 1 aliphatic rings. The molecule has 2 rings (SSSR count). The van der Waals surface area contributed by atoms with Gasteiger partial charge in [-0.25, -0.2) is 4.79 Å². The van der Waals surface area contributed by atoms with Crippen molar-refractivity contribution < 1.29 is 48.7 Å². The Bertz CT molecular complexity index is 1480. The Labute approximate surface area is 299 Å². The minimum Gasteiger partial charge on any atom is -0.480 e. The van der Waals surface area contributed by atoms with Crippen LogP contribution < -0.4 is 32.3 Å². The summed E-state index contributed by atoms with van der Waals surface area (Å²) in [6, 6.07) is 4.17. The predicted octanol–water partition coefficient (Wildman–Crippen LogP) is 0.173. The average Bonchev–Trinajstić information content (AvgIpc) is 3.57. The van der Waals surface area contributed by atoms with Crippen molar-refractivity contribution in [2.45, 2.75) is 114 Å². The highest BCUT2D eigenvalue weighted by Gasteiger charge is 2.70. The van der Waals surface area contributed by atoms with Crippen LogP contribution >= 0.6 is 7.80 Å². The lowest BCUT2D eigenvalue weighted by Crippen LogP contribution is -2.70. The monoisotopic (exact) mass is 737 g/mol. The number of carbonyl (C=O) groups excluding carboxylic acids is 5. The first-order valence-electron chi connectivity index (χ1n) is 16.9. The molecule has 0 saturated heterocycles. The van der Waals surface area contributed by atoms with Crippen LogP contribution in [0.5, 0.6) is 0 Å². The summed E-state index contributed by atoms with van der Waals surface area (Å²) in [7, 11) is -1.71. The molecular formula is C34H54N6O10P+. The number of nitrogens with one attached hydrogen (secondary N) is 5. The Hall–Kier alpha value is -3.82. The second kappa shape index (κ2) is 17.1. The number of rotatable bonds is 18. The molecule has 16 nitrogen and oxygen atoms in total. The molecule has 0 aliphatic heterocycles. The lowest BCUT2D eigenvalue weighted by molar-refractivity contribution is -0.148. The molecule has 2 unspecified atom stereocenters. The number of carboxylic acid groups (broad SMARTS) is 1. The van der Waals surface area contributed by atoms with Gasteiger partial charge in [-0.3, -0.25) is 34.6 Å². The van der Waals surface area contributed by atoms with Crippen LogP contribution in [0.4, 0.5) is 0 Å². The largest absolute Gasteiger partial charge is 0.480 e. The van der Waals surface area contributed by atoms with Gasteiger partial charge in [0.05, 0.1) is 6.61 Å². The van der Waals surface area contributed by atoms with Gasteiger partial charge in [-0.05, 0) is 51.1 Å². The van der Waals surface area contributed by atoms with Crippen LogP contribution in [0.2, 0.25) is 0 Å². The van der Waals surface area contributed by atoms with Crippen LogP contribution in [-0.2, 0) is 38.9 Å². The van der Waals surface area contributed by atoms with Gasteiger partial charge in [0.25, 0.3) is 0 Å². The molecule has 0 radical (unpaired) electrons. The molecule has 17 heteroatoms. The van der Waals surface area contributed by atoms with Gasteiger partial charge < -0.3 is 37.0 Å². The highest BCUT2D eigenvalue weighted by atomic mass is 31.1. The van der Waals surface area contributed by atoms with Crippen molar-refractivity contribution in [2.24, 2.45) is 17.6 Å². The Morgan fingerprint density at radius 3 is 1.86 bits per heavy atom. The first-order valence-corrected chi connectivity index (χ1v) is 18.2. The molecule has 10 N–H and O–H groups in total. The molecule has 1 aliphatic carbocycles. The van der Waals surface area contributed by atoms with E-state index in [9.17, 15) is 48.7 Å². The number of amides is 4. The van der Waals surface area contributed by atoms with E-state index in [0.29, 0.717) is 18.4 Å². The van der Waals surface area contributed by atoms with E-state index in [1.807, 2.05) is 0 Å². The summed E-state index contributed by atoms with van der Waals surface area (Å²) in [6.07, 6.45) is 0.902. The van der Waals surface area contributed by atoms with Gasteiger partial charge in [0.1, 0.15) is 23.7 Å². The van der Waals surface area contributed by atoms with Crippen molar-refractivity contribution in [1.82, 2.24) is 26.6 Å². The van der Waals surface area contributed by atoms with Gasteiger partial charge in [0, 0.05) is 19.8 Å². The Morgan fingerprint density at radius 2 is 1.41 bits per heavy atom. The lowest BCUT2D eigenvalue weighted by Gasteiger charge is -2.39. The third-order valence-corrected chi connectivity index (χ3v) is 12.0. The molecule has 7 atom stereocenters. The van der Waals surface area contributed by atoms with Gasteiger partial charge >= 0.3 is 19.2 Å². The summed E-state index contributed by atoms with van der Waals surface area (Å²) in [4.78, 5) is 79.6. The van der Waals surface area contributed by atoms with Crippen LogP contribution in [0.3, 0.4) is 0 Å². The van der Waals surface area contributed by atoms with Crippen molar-refractivity contribution in [1.29, 1.82) is 0 Å². The molecule has 1 fully saturated rings. The van der Waals surface area contributed by atoms with Gasteiger partial charge in [-0.2, -0.15) is 0 Å². The number of Topliss-reactive ketones (excluding diaryl/α,β-unsaturated/α-hetero) is 1. The van der Waals surface area contributed by atoms with E-state index < -0.39 is 101 Å². The SMILES string of the molecule is CN[C@@](C(=O)N[C@H](C(=O)O)C(C)C)(C(=O)C1([P+](=O)C(C)(O)NC(=O)[C@H](C)NC(=O)[C@H](C)NC(=O)[C@@](N)(CO)c2ccccc2)CCCC1)C(C)C. The summed E-state index contributed by atoms with van der Waals surface area (Å²) in [5.41, 5.74) is 0.0689. The lowest BCUT2D eigenvalue weighted by atomic mass is 9.75. The van der Waals surface area contributed by atoms with Crippen molar-refractivity contribution in [3.05, 3.63) is 35.9 Å².